The monoisotopic (exact) mass is 819 g/mol. The summed E-state index contributed by atoms with van der Waals surface area (Å²) in [6.45, 7) is 7.26. The molecular formula is C44H49N7O9. The number of hydrogen-bond donors (Lipinski definition) is 2. The average molecular weight is 820 g/mol. The second-order valence-corrected chi connectivity index (χ2v) is 15.6. The maximum Gasteiger partial charge on any atom is 0.262 e. The molecule has 0 radical (unpaired) electrons. The molecule has 4 aliphatic heterocycles. The van der Waals surface area contributed by atoms with Crippen molar-refractivity contribution in [1.29, 1.82) is 0 Å². The number of rotatable bonds is 14. The maximum atomic E-state index is 13.2. The molecule has 4 aliphatic rings. The van der Waals surface area contributed by atoms with Crippen molar-refractivity contribution in [3.63, 3.8) is 0 Å². The van der Waals surface area contributed by atoms with E-state index in [4.69, 9.17) is 18.9 Å². The molecule has 3 unspecified atom stereocenters. The molecule has 2 aromatic heterocycles. The number of pyridine rings is 2. The van der Waals surface area contributed by atoms with Crippen molar-refractivity contribution in [2.45, 2.75) is 44.3 Å². The first-order valence-corrected chi connectivity index (χ1v) is 20.1. The minimum Gasteiger partial charge on any atom is -0.496 e. The Morgan fingerprint density at radius 1 is 0.933 bits per heavy atom. The predicted octanol–water partition coefficient (Wildman–Crippen LogP) is 3.57. The van der Waals surface area contributed by atoms with Gasteiger partial charge in [-0.3, -0.25) is 33.8 Å². The number of hydrogen-bond acceptors (Lipinski definition) is 12. The Morgan fingerprint density at radius 3 is 2.42 bits per heavy atom. The summed E-state index contributed by atoms with van der Waals surface area (Å²) in [5, 5.41) is 6.94. The lowest BCUT2D eigenvalue weighted by atomic mass is 9.82. The van der Waals surface area contributed by atoms with Crippen LogP contribution in [0.3, 0.4) is 0 Å². The highest BCUT2D eigenvalue weighted by molar-refractivity contribution is 6.23. The van der Waals surface area contributed by atoms with Crippen LogP contribution in [0.15, 0.2) is 65.9 Å². The number of allylic oxidation sites excluding steroid dienone is 1. The Kier molecular flexibility index (Phi) is 11.3. The highest BCUT2D eigenvalue weighted by Crippen LogP contribution is 2.41. The van der Waals surface area contributed by atoms with Crippen LogP contribution in [0.2, 0.25) is 0 Å². The van der Waals surface area contributed by atoms with Crippen LogP contribution in [0.25, 0.3) is 21.9 Å². The van der Waals surface area contributed by atoms with E-state index in [9.17, 15) is 24.0 Å². The zero-order valence-electron chi connectivity index (χ0n) is 34.2. The summed E-state index contributed by atoms with van der Waals surface area (Å²) < 4.78 is 25.0. The molecule has 16 heteroatoms. The van der Waals surface area contributed by atoms with Gasteiger partial charge in [-0.15, -0.1) is 0 Å². The lowest BCUT2D eigenvalue weighted by Crippen LogP contribution is -2.63. The maximum absolute atomic E-state index is 13.2. The van der Waals surface area contributed by atoms with Crippen LogP contribution in [-0.2, 0) is 27.9 Å². The number of ether oxygens (including phenoxy) is 4. The molecule has 3 fully saturated rings. The van der Waals surface area contributed by atoms with E-state index >= 15 is 0 Å². The Hall–Kier alpha value is -6.26. The molecule has 314 valence electrons. The predicted molar refractivity (Wildman–Crippen MR) is 222 cm³/mol. The number of nitrogens with one attached hydrogen (secondary N) is 2. The van der Waals surface area contributed by atoms with Gasteiger partial charge in [0.05, 0.1) is 55.9 Å². The molecule has 3 atom stereocenters. The van der Waals surface area contributed by atoms with E-state index < -0.39 is 23.8 Å². The van der Waals surface area contributed by atoms with Gasteiger partial charge in [0.2, 0.25) is 11.8 Å². The van der Waals surface area contributed by atoms with Crippen molar-refractivity contribution in [3.05, 3.63) is 88.1 Å². The fraction of sp³-hybridized carbons (Fsp3) is 0.409. The van der Waals surface area contributed by atoms with Crippen LogP contribution in [-0.4, -0.2) is 121 Å². The van der Waals surface area contributed by atoms with E-state index in [0.29, 0.717) is 78.6 Å². The molecular weight excluding hydrogens is 771 g/mol. The van der Waals surface area contributed by atoms with Gasteiger partial charge in [-0.2, -0.15) is 0 Å². The van der Waals surface area contributed by atoms with Gasteiger partial charge in [-0.25, -0.2) is 4.98 Å². The summed E-state index contributed by atoms with van der Waals surface area (Å²) in [4.78, 5) is 74.7. The van der Waals surface area contributed by atoms with Crippen molar-refractivity contribution in [3.8, 4) is 28.4 Å². The van der Waals surface area contributed by atoms with Gasteiger partial charge in [0.1, 0.15) is 35.7 Å². The van der Waals surface area contributed by atoms with Crippen molar-refractivity contribution >= 4 is 40.2 Å². The molecule has 0 aliphatic carbocycles. The lowest BCUT2D eigenvalue weighted by molar-refractivity contribution is -0.139. The first kappa shape index (κ1) is 40.5. The third-order valence-corrected chi connectivity index (χ3v) is 12.1. The quantitative estimate of drug-likeness (QED) is 0.140. The van der Waals surface area contributed by atoms with E-state index in [1.165, 1.54) is 12.1 Å². The van der Waals surface area contributed by atoms with Gasteiger partial charge in [-0.05, 0) is 61.2 Å². The van der Waals surface area contributed by atoms with Gasteiger partial charge >= 0.3 is 0 Å². The second kappa shape index (κ2) is 16.8. The molecule has 2 aromatic carbocycles. The zero-order valence-corrected chi connectivity index (χ0v) is 34.2. The van der Waals surface area contributed by atoms with Gasteiger partial charge in [-0.1, -0.05) is 6.58 Å². The number of carbonyl (C=O) groups is 4. The average Bonchev–Trinajstić information content (AvgIpc) is 3.49. The Bertz CT molecular complexity index is 2440. The lowest BCUT2D eigenvalue weighted by Gasteiger charge is -2.53. The summed E-state index contributed by atoms with van der Waals surface area (Å²) in [5.74, 6) is 1.38. The number of aromatic nitrogens is 2. The van der Waals surface area contributed by atoms with E-state index in [2.05, 4.69) is 27.1 Å². The highest BCUT2D eigenvalue weighted by Gasteiger charge is 2.45. The number of methoxy groups -OCH3 is 2. The van der Waals surface area contributed by atoms with Crippen LogP contribution in [0, 0.1) is 5.92 Å². The number of aryl methyl sites for hydroxylation is 1. The SMILES string of the molecule is C=C1CCC(N2C(=O)c3ccc(OCCOCCC(=O)N4CCC5C(C4)CN5Cc4c(OC)cc(-c5cn(C)c(=O)c6cc(NC)ncc56)cc4OC)cc3C2=O)C(=O)N1. The van der Waals surface area contributed by atoms with E-state index in [0.717, 1.165) is 39.9 Å². The van der Waals surface area contributed by atoms with E-state index in [1.54, 1.807) is 51.2 Å². The third kappa shape index (κ3) is 7.56. The first-order chi connectivity index (χ1) is 29.0. The molecule has 4 aromatic rings. The number of anilines is 1. The topological polar surface area (TPSA) is 174 Å². The number of amides is 4. The third-order valence-electron chi connectivity index (χ3n) is 12.1. The Labute approximate surface area is 347 Å². The summed E-state index contributed by atoms with van der Waals surface area (Å²) in [6.07, 6.45) is 5.46. The number of imide groups is 1. The molecule has 0 bridgehead atoms. The minimum absolute atomic E-state index is 0.0531. The van der Waals surface area contributed by atoms with Gasteiger partial charge in [0.15, 0.2) is 0 Å². The largest absolute Gasteiger partial charge is 0.496 e. The fourth-order valence-corrected chi connectivity index (χ4v) is 8.87. The second-order valence-electron chi connectivity index (χ2n) is 15.6. The van der Waals surface area contributed by atoms with Crippen LogP contribution in [0.4, 0.5) is 5.82 Å². The summed E-state index contributed by atoms with van der Waals surface area (Å²) in [7, 11) is 6.80. The molecule has 6 heterocycles. The van der Waals surface area contributed by atoms with Crippen LogP contribution >= 0.6 is 0 Å². The summed E-state index contributed by atoms with van der Waals surface area (Å²) >= 11 is 0. The molecule has 4 amide bonds. The standard InChI is InChI=1S/C44H49N7O9/c1-25-6-9-36(41(53)47-25)51-43(55)29-8-7-28(18-30(29)44(51)56)60-15-14-59-13-11-40(52)49-12-10-35-27(21-49)22-50(35)24-34-37(57-4)16-26(17-38(34)58-5)33-23-48(3)42(54)31-19-39(45-2)46-20-32(31)33/h7-8,16-20,23,27,35-36H,1,6,9-15,21-22,24H2,2-5H3,(H,45,46)(H,47,53). The van der Waals surface area contributed by atoms with Gasteiger partial charge in [0.25, 0.3) is 17.4 Å². The molecule has 16 nitrogen and oxygen atoms in total. The minimum atomic E-state index is -0.878. The van der Waals surface area contributed by atoms with E-state index in [-0.39, 0.29) is 48.8 Å². The zero-order chi connectivity index (χ0) is 42.2. The van der Waals surface area contributed by atoms with Crippen LogP contribution in [0.1, 0.15) is 52.0 Å². The fourth-order valence-electron chi connectivity index (χ4n) is 8.87. The van der Waals surface area contributed by atoms with Gasteiger partial charge < -0.3 is 39.0 Å². The van der Waals surface area contributed by atoms with Crippen molar-refractivity contribution < 1.29 is 38.1 Å². The number of nitrogens with zero attached hydrogens (tertiary/aromatic N) is 5. The number of carbonyl (C=O) groups excluding carboxylic acids is 4. The van der Waals surface area contributed by atoms with Crippen molar-refractivity contribution in [2.75, 3.05) is 66.0 Å². The Balaban J connectivity index is 0.803. The molecule has 3 saturated heterocycles. The normalized spacial score (nSPS) is 20.1. The van der Waals surface area contributed by atoms with Crippen molar-refractivity contribution in [2.24, 2.45) is 13.0 Å². The first-order valence-electron chi connectivity index (χ1n) is 20.1. The summed E-state index contributed by atoms with van der Waals surface area (Å²) in [5.41, 5.74) is 3.52. The molecule has 8 rings (SSSR count). The Morgan fingerprint density at radius 2 is 1.70 bits per heavy atom. The summed E-state index contributed by atoms with van der Waals surface area (Å²) in [6, 6.07) is 9.86. The van der Waals surface area contributed by atoms with Crippen molar-refractivity contribution in [1.82, 2.24) is 29.6 Å². The number of piperidine rings is 2. The van der Waals surface area contributed by atoms with Gasteiger partial charge in [0, 0.05) is 81.3 Å². The number of benzene rings is 2. The molecule has 2 N–H and O–H groups in total. The molecule has 0 spiro atoms. The number of fused-ring (bicyclic) bond motifs is 3. The van der Waals surface area contributed by atoms with Crippen LogP contribution in [0.5, 0.6) is 17.2 Å². The smallest absolute Gasteiger partial charge is 0.262 e. The van der Waals surface area contributed by atoms with Crippen LogP contribution < -0.4 is 30.4 Å². The molecule has 0 saturated carbocycles. The molecule has 60 heavy (non-hydrogen) atoms. The number of likely N-dealkylation sites (tertiary alicyclic amines) is 2. The van der Waals surface area contributed by atoms with E-state index in [1.807, 2.05) is 23.2 Å². The highest BCUT2D eigenvalue weighted by atomic mass is 16.5.